The molecule has 1 atom stereocenters. The molecule has 0 aliphatic rings. The molecule has 0 bridgehead atoms. The average molecular weight is 356 g/mol. The van der Waals surface area contributed by atoms with Crippen molar-refractivity contribution in [3.05, 3.63) is 54.1 Å². The first kappa shape index (κ1) is 19.9. The van der Waals surface area contributed by atoms with E-state index in [1.807, 2.05) is 37.3 Å². The maximum absolute atomic E-state index is 13.2. The van der Waals surface area contributed by atoms with Gasteiger partial charge in [-0.05, 0) is 19.4 Å². The Hall–Kier alpha value is -2.46. The van der Waals surface area contributed by atoms with Crippen molar-refractivity contribution in [2.45, 2.75) is 25.7 Å². The van der Waals surface area contributed by atoms with Crippen LogP contribution in [0.5, 0.6) is 0 Å². The molecule has 0 radical (unpaired) electrons. The van der Waals surface area contributed by atoms with E-state index >= 15 is 0 Å². The fourth-order valence-corrected chi connectivity index (χ4v) is 2.64. The van der Waals surface area contributed by atoms with Gasteiger partial charge in [0.2, 0.25) is 5.78 Å². The molecule has 1 aromatic carbocycles. The molecule has 0 unspecified atom stereocenters. The normalized spacial score (nSPS) is 12.3. The zero-order valence-corrected chi connectivity index (χ0v) is 15.6. The summed E-state index contributed by atoms with van der Waals surface area (Å²) in [4.78, 5) is 17.3. The molecule has 1 aromatic heterocycles. The molecular formula is C20H24N2O4. The Morgan fingerprint density at radius 2 is 1.96 bits per heavy atom. The van der Waals surface area contributed by atoms with Crippen LogP contribution in [0, 0.1) is 11.8 Å². The zero-order valence-electron chi connectivity index (χ0n) is 15.6. The van der Waals surface area contributed by atoms with E-state index in [0.29, 0.717) is 5.69 Å². The maximum Gasteiger partial charge on any atom is 0.259 e. The molecule has 6 nitrogen and oxygen atoms in total. The van der Waals surface area contributed by atoms with Crippen LogP contribution in [0.1, 0.15) is 35.9 Å². The van der Waals surface area contributed by atoms with Crippen molar-refractivity contribution in [3.63, 3.8) is 0 Å². The molecule has 138 valence electrons. The number of methoxy groups -OCH3 is 2. The summed E-state index contributed by atoms with van der Waals surface area (Å²) >= 11 is 0. The highest BCUT2D eigenvalue weighted by Crippen LogP contribution is 2.24. The van der Waals surface area contributed by atoms with Gasteiger partial charge in [0.15, 0.2) is 0 Å². The van der Waals surface area contributed by atoms with E-state index in [-0.39, 0.29) is 25.0 Å². The molecule has 26 heavy (non-hydrogen) atoms. The van der Waals surface area contributed by atoms with Gasteiger partial charge in [0.1, 0.15) is 18.9 Å². The number of imidazole rings is 1. The van der Waals surface area contributed by atoms with Crippen molar-refractivity contribution in [3.8, 4) is 11.8 Å². The van der Waals surface area contributed by atoms with Crippen molar-refractivity contribution in [1.82, 2.24) is 9.55 Å². The first-order valence-electron chi connectivity index (χ1n) is 8.29. The summed E-state index contributed by atoms with van der Waals surface area (Å²) in [6.45, 7) is 3.84. The number of carbonyl (C=O) groups excluding carboxylic acids is 1. The number of rotatable bonds is 9. The topological polar surface area (TPSA) is 62.6 Å². The quantitative estimate of drug-likeness (QED) is 0.299. The third-order valence-corrected chi connectivity index (χ3v) is 4.25. The van der Waals surface area contributed by atoms with Crippen LogP contribution in [0.25, 0.3) is 0 Å². The van der Waals surface area contributed by atoms with Gasteiger partial charge in [-0.1, -0.05) is 36.3 Å². The molecule has 0 amide bonds. The van der Waals surface area contributed by atoms with Crippen molar-refractivity contribution in [2.75, 3.05) is 27.4 Å². The van der Waals surface area contributed by atoms with Gasteiger partial charge in [-0.15, -0.1) is 5.92 Å². The Labute approximate surface area is 154 Å². The van der Waals surface area contributed by atoms with Crippen LogP contribution in [0.2, 0.25) is 0 Å². The second-order valence-corrected chi connectivity index (χ2v) is 5.68. The molecule has 0 N–H and O–H groups in total. The molecule has 2 rings (SSSR count). The number of Topliss-reactive ketones (excluding diaryl/α,β-unsaturated/α-hetero) is 1. The molecule has 0 saturated heterocycles. The number of aromatic nitrogens is 2. The largest absolute Gasteiger partial charge is 0.363 e. The van der Waals surface area contributed by atoms with Crippen LogP contribution in [0.15, 0.2) is 42.9 Å². The van der Waals surface area contributed by atoms with E-state index in [2.05, 4.69) is 16.8 Å². The van der Waals surface area contributed by atoms with Crippen LogP contribution < -0.4 is 0 Å². The summed E-state index contributed by atoms with van der Waals surface area (Å²) in [5.41, 5.74) is 1.45. The molecule has 6 heteroatoms. The van der Waals surface area contributed by atoms with Gasteiger partial charge in [-0.3, -0.25) is 4.79 Å². The number of hydrogen-bond donors (Lipinski definition) is 0. The van der Waals surface area contributed by atoms with Gasteiger partial charge in [0, 0.05) is 14.2 Å². The molecule has 0 spiro atoms. The lowest BCUT2D eigenvalue weighted by Gasteiger charge is -2.29. The number of ether oxygens (including phenoxy) is 3. The van der Waals surface area contributed by atoms with E-state index in [9.17, 15) is 4.79 Å². The summed E-state index contributed by atoms with van der Waals surface area (Å²) in [5.74, 6) is 3.61. The van der Waals surface area contributed by atoms with Gasteiger partial charge < -0.3 is 18.8 Å². The van der Waals surface area contributed by atoms with Crippen LogP contribution >= 0.6 is 0 Å². The summed E-state index contributed by atoms with van der Waals surface area (Å²) in [5, 5.41) is 0. The number of nitrogens with zero attached hydrogens (tertiary/aromatic N) is 2. The minimum Gasteiger partial charge on any atom is -0.363 e. The van der Waals surface area contributed by atoms with Crippen LogP contribution in [0.4, 0.5) is 0 Å². The summed E-state index contributed by atoms with van der Waals surface area (Å²) in [7, 11) is 2.83. The van der Waals surface area contributed by atoms with Gasteiger partial charge in [-0.25, -0.2) is 4.98 Å². The predicted octanol–water partition coefficient (Wildman–Crippen LogP) is 2.70. The van der Waals surface area contributed by atoms with E-state index in [1.165, 1.54) is 20.4 Å². The summed E-state index contributed by atoms with van der Waals surface area (Å²) in [6.07, 6.45) is 3.14. The lowest BCUT2D eigenvalue weighted by Crippen LogP contribution is -2.48. The fraction of sp³-hybridized carbons (Fsp3) is 0.400. The average Bonchev–Trinajstić information content (AvgIpc) is 3.18. The highest BCUT2D eigenvalue weighted by Gasteiger charge is 2.42. The van der Waals surface area contributed by atoms with E-state index in [1.54, 1.807) is 17.8 Å². The van der Waals surface area contributed by atoms with E-state index in [0.717, 1.165) is 5.56 Å². The van der Waals surface area contributed by atoms with Crippen molar-refractivity contribution < 1.29 is 19.0 Å². The Bertz CT molecular complexity index is 770. The minimum absolute atomic E-state index is 0.0710. The lowest BCUT2D eigenvalue weighted by atomic mass is 10.1. The lowest BCUT2D eigenvalue weighted by molar-refractivity contribution is -0.197. The maximum atomic E-state index is 13.2. The smallest absolute Gasteiger partial charge is 0.259 e. The standard InChI is InChI=1S/C20H24N2O4/c1-5-6-12-26-14-20(24-3,25-4)19(23)18-13-21-15-22(18)16(2)17-10-8-7-9-11-17/h7-11,13,15-16H,12,14H2,1-4H3/t16-/m1/s1. The zero-order chi connectivity index (χ0) is 19.0. The van der Waals surface area contributed by atoms with Gasteiger partial charge >= 0.3 is 0 Å². The Morgan fingerprint density at radius 3 is 2.58 bits per heavy atom. The first-order valence-corrected chi connectivity index (χ1v) is 8.29. The number of ketones is 1. The minimum atomic E-state index is -1.55. The third kappa shape index (κ3) is 4.20. The summed E-state index contributed by atoms with van der Waals surface area (Å²) in [6, 6.07) is 9.81. The first-order chi connectivity index (χ1) is 12.6. The number of benzene rings is 1. The van der Waals surface area contributed by atoms with Crippen LogP contribution in [-0.4, -0.2) is 48.6 Å². The Kier molecular flexibility index (Phi) is 7.10. The monoisotopic (exact) mass is 356 g/mol. The predicted molar refractivity (Wildman–Crippen MR) is 97.8 cm³/mol. The number of hydrogen-bond acceptors (Lipinski definition) is 5. The van der Waals surface area contributed by atoms with E-state index in [4.69, 9.17) is 14.2 Å². The van der Waals surface area contributed by atoms with Gasteiger partial charge in [0.25, 0.3) is 5.79 Å². The van der Waals surface area contributed by atoms with Crippen molar-refractivity contribution >= 4 is 5.78 Å². The highest BCUT2D eigenvalue weighted by atomic mass is 16.7. The molecule has 2 aromatic rings. The molecule has 0 saturated carbocycles. The fourth-order valence-electron chi connectivity index (χ4n) is 2.64. The number of carbonyl (C=O) groups is 1. The van der Waals surface area contributed by atoms with Crippen molar-refractivity contribution in [2.24, 2.45) is 0 Å². The SMILES string of the molecule is CC#CCOCC(OC)(OC)C(=O)c1cncn1[C@H](C)c1ccccc1. The second kappa shape index (κ2) is 9.30. The molecule has 1 heterocycles. The highest BCUT2D eigenvalue weighted by molar-refractivity contribution is 6.00. The molecule has 0 fully saturated rings. The molecular weight excluding hydrogens is 332 g/mol. The molecule has 0 aliphatic carbocycles. The van der Waals surface area contributed by atoms with Crippen LogP contribution in [0.3, 0.4) is 0 Å². The van der Waals surface area contributed by atoms with E-state index < -0.39 is 5.79 Å². The van der Waals surface area contributed by atoms with Crippen LogP contribution in [-0.2, 0) is 14.2 Å². The Morgan fingerprint density at radius 1 is 1.27 bits per heavy atom. The van der Waals surface area contributed by atoms with Crippen molar-refractivity contribution in [1.29, 1.82) is 0 Å². The summed E-state index contributed by atoms with van der Waals surface area (Å²) < 4.78 is 18.1. The molecule has 0 aliphatic heterocycles. The van der Waals surface area contributed by atoms with Gasteiger partial charge in [-0.2, -0.15) is 0 Å². The second-order valence-electron chi connectivity index (χ2n) is 5.68. The third-order valence-electron chi connectivity index (χ3n) is 4.25. The van der Waals surface area contributed by atoms with Gasteiger partial charge in [0.05, 0.1) is 18.6 Å². The Balaban J connectivity index is 2.29.